The summed E-state index contributed by atoms with van der Waals surface area (Å²) in [7, 11) is -3.58. The summed E-state index contributed by atoms with van der Waals surface area (Å²) in [5.74, 6) is 0.750. The Labute approximate surface area is 230 Å². The van der Waals surface area contributed by atoms with Crippen molar-refractivity contribution in [2.24, 2.45) is 5.92 Å². The van der Waals surface area contributed by atoms with Crippen molar-refractivity contribution in [3.05, 3.63) is 95.3 Å². The number of rotatable bonds is 8. The summed E-state index contributed by atoms with van der Waals surface area (Å²) in [5.41, 5.74) is 4.02. The highest BCUT2D eigenvalue weighted by Gasteiger charge is 2.43. The number of nitrogens with zero attached hydrogens (tertiary/aromatic N) is 3. The fraction of sp³-hybridized carbons (Fsp3) is 0.355. The molecule has 4 aromatic rings. The third-order valence-corrected chi connectivity index (χ3v) is 9.43. The van der Waals surface area contributed by atoms with Gasteiger partial charge in [-0.15, -0.1) is 0 Å². The maximum absolute atomic E-state index is 13.1. The third-order valence-electron chi connectivity index (χ3n) is 7.80. The van der Waals surface area contributed by atoms with Crippen LogP contribution in [0.15, 0.2) is 72.0 Å². The molecule has 0 bridgehead atoms. The summed E-state index contributed by atoms with van der Waals surface area (Å²) in [6, 6.07) is 15.0. The van der Waals surface area contributed by atoms with Crippen LogP contribution in [-0.2, 0) is 26.8 Å². The van der Waals surface area contributed by atoms with Crippen molar-refractivity contribution >= 4 is 26.4 Å². The predicted molar refractivity (Wildman–Crippen MR) is 152 cm³/mol. The molecule has 202 valence electrons. The van der Waals surface area contributed by atoms with E-state index in [1.165, 1.54) is 0 Å². The molecule has 2 aliphatic rings. The van der Waals surface area contributed by atoms with Crippen molar-refractivity contribution < 1.29 is 13.2 Å². The van der Waals surface area contributed by atoms with E-state index < -0.39 is 9.84 Å². The molecule has 1 saturated heterocycles. The average molecular weight is 543 g/mol. The van der Waals surface area contributed by atoms with E-state index in [9.17, 15) is 13.2 Å². The molecule has 1 N–H and O–H groups in total. The first-order valence-electron chi connectivity index (χ1n) is 13.1. The molecule has 0 amide bonds. The second-order valence-corrected chi connectivity index (χ2v) is 12.5. The molecule has 8 heteroatoms. The number of aryl methyl sites for hydroxylation is 1. The Bertz CT molecular complexity index is 1610. The number of aromatic nitrogens is 3. The first-order valence-corrected chi connectivity index (χ1v) is 14.7. The van der Waals surface area contributed by atoms with Crippen molar-refractivity contribution in [3.63, 3.8) is 0 Å². The van der Waals surface area contributed by atoms with Gasteiger partial charge in [0.1, 0.15) is 17.4 Å². The molecule has 2 fully saturated rings. The van der Waals surface area contributed by atoms with E-state index in [0.717, 1.165) is 59.1 Å². The van der Waals surface area contributed by atoms with Gasteiger partial charge in [0.15, 0.2) is 9.84 Å². The summed E-state index contributed by atoms with van der Waals surface area (Å²) in [6.07, 6.45) is 7.53. The largest absolute Gasteiger partial charge is 0.316 e. The minimum atomic E-state index is -3.58. The van der Waals surface area contributed by atoms with Gasteiger partial charge in [-0.2, -0.15) is 0 Å². The fourth-order valence-corrected chi connectivity index (χ4v) is 6.71. The predicted octanol–water partition coefficient (Wildman–Crippen LogP) is 4.94. The number of carbonyl (C=O) groups excluding carboxylic acids is 1. The number of sulfone groups is 1. The third kappa shape index (κ3) is 5.77. The van der Waals surface area contributed by atoms with E-state index >= 15 is 0 Å². The molecule has 39 heavy (non-hydrogen) atoms. The summed E-state index contributed by atoms with van der Waals surface area (Å²) >= 11 is 0. The van der Waals surface area contributed by atoms with Crippen LogP contribution in [0.25, 0.3) is 10.8 Å². The maximum Gasteiger partial charge on any atom is 0.185 e. The second-order valence-electron chi connectivity index (χ2n) is 10.5. The summed E-state index contributed by atoms with van der Waals surface area (Å²) in [4.78, 5) is 26.2. The van der Waals surface area contributed by atoms with Crippen LogP contribution in [0.1, 0.15) is 60.3 Å². The Morgan fingerprint density at radius 1 is 1.08 bits per heavy atom. The molecule has 1 aliphatic carbocycles. The molecule has 3 heterocycles. The lowest BCUT2D eigenvalue weighted by Gasteiger charge is -2.10. The summed E-state index contributed by atoms with van der Waals surface area (Å²) in [5, 5.41) is 5.51. The number of pyridine rings is 1. The molecule has 0 spiro atoms. The zero-order valence-corrected chi connectivity index (χ0v) is 22.1. The summed E-state index contributed by atoms with van der Waals surface area (Å²) < 4.78 is 26.1. The van der Waals surface area contributed by atoms with E-state index in [1.807, 2.05) is 49.6 Å². The summed E-state index contributed by atoms with van der Waals surface area (Å²) in [6.45, 7) is 3.83. The molecule has 0 radical (unpaired) electrons. The van der Waals surface area contributed by atoms with E-state index in [0.29, 0.717) is 18.2 Å². The first kappa shape index (κ1) is 27.1. The van der Waals surface area contributed by atoms with Gasteiger partial charge in [0.2, 0.25) is 0 Å². The number of hydrogen-bond acceptors (Lipinski definition) is 7. The maximum atomic E-state index is 13.1. The highest BCUT2D eigenvalue weighted by Crippen LogP contribution is 2.48. The van der Waals surface area contributed by atoms with Crippen molar-refractivity contribution in [2.75, 3.05) is 13.1 Å². The molecular formula is C31H34N4O3S. The highest BCUT2D eigenvalue weighted by molar-refractivity contribution is 7.90. The van der Waals surface area contributed by atoms with Gasteiger partial charge in [-0.05, 0) is 72.5 Å². The highest BCUT2D eigenvalue weighted by atomic mass is 32.2. The van der Waals surface area contributed by atoms with Gasteiger partial charge in [-0.1, -0.05) is 37.8 Å². The quantitative estimate of drug-likeness (QED) is 0.337. The average Bonchev–Trinajstić information content (AvgIpc) is 3.53. The molecule has 6 rings (SSSR count). The van der Waals surface area contributed by atoms with Crippen LogP contribution in [-0.4, -0.2) is 42.2 Å². The molecule has 7 nitrogen and oxygen atoms in total. The Kier molecular flexibility index (Phi) is 7.60. The number of benzene rings is 2. The number of hydrogen-bond donors (Lipinski definition) is 1. The molecule has 1 saturated carbocycles. The second kappa shape index (κ2) is 10.9. The Hall–Kier alpha value is -3.49. The van der Waals surface area contributed by atoms with Crippen LogP contribution in [0.4, 0.5) is 0 Å². The van der Waals surface area contributed by atoms with Gasteiger partial charge in [-0.3, -0.25) is 9.78 Å². The monoisotopic (exact) mass is 542 g/mol. The van der Waals surface area contributed by atoms with Crippen LogP contribution in [0, 0.1) is 12.8 Å². The molecule has 1 aliphatic heterocycles. The van der Waals surface area contributed by atoms with E-state index in [-0.39, 0.29) is 35.7 Å². The molecular weight excluding hydrogens is 508 g/mol. The SMILES string of the molecule is C.Cc1cncc2ccc(CC(=O)[C@@H]3C[C@H]3c3ccc(S(=O)(=O)Cc4nccc(C5CCNC5)n4)cc3)cc12. The van der Waals surface area contributed by atoms with Crippen LogP contribution in [0.2, 0.25) is 0 Å². The van der Waals surface area contributed by atoms with E-state index in [1.54, 1.807) is 18.3 Å². The lowest BCUT2D eigenvalue weighted by molar-refractivity contribution is -0.119. The zero-order chi connectivity index (χ0) is 26.3. The van der Waals surface area contributed by atoms with E-state index in [4.69, 9.17) is 0 Å². The van der Waals surface area contributed by atoms with Gasteiger partial charge in [0.05, 0.1) is 4.90 Å². The van der Waals surface area contributed by atoms with Gasteiger partial charge < -0.3 is 5.32 Å². The lowest BCUT2D eigenvalue weighted by atomic mass is 9.99. The Balaban J connectivity index is 0.00000308. The van der Waals surface area contributed by atoms with Crippen LogP contribution in [0.5, 0.6) is 0 Å². The molecule has 2 aromatic carbocycles. The zero-order valence-electron chi connectivity index (χ0n) is 21.3. The molecule has 2 aromatic heterocycles. The number of fused-ring (bicyclic) bond motifs is 1. The van der Waals surface area contributed by atoms with Crippen molar-refractivity contribution in [2.45, 2.75) is 56.1 Å². The van der Waals surface area contributed by atoms with Crippen LogP contribution < -0.4 is 5.32 Å². The smallest absolute Gasteiger partial charge is 0.185 e. The molecule has 1 unspecified atom stereocenters. The van der Waals surface area contributed by atoms with Crippen molar-refractivity contribution in [3.8, 4) is 0 Å². The van der Waals surface area contributed by atoms with Crippen molar-refractivity contribution in [1.29, 1.82) is 0 Å². The number of Topliss-reactive ketones (excluding diaryl/α,β-unsaturated/α-hetero) is 1. The number of nitrogens with one attached hydrogen (secondary N) is 1. The standard InChI is InChI=1S/C30H30N4O3S.CH4/c1-19-15-32-16-22-3-2-20(12-25(19)22)13-29(35)27-14-26(27)21-4-6-24(7-5-21)38(36,37)18-30-33-11-9-28(34-30)23-8-10-31-17-23;/h2-7,9,11-12,15-16,23,26-27,31H,8,10,13-14,17-18H2,1H3;1H4/t23?,26-,27+;/m0./s1. The van der Waals surface area contributed by atoms with E-state index in [2.05, 4.69) is 26.3 Å². The molecule has 3 atom stereocenters. The Morgan fingerprint density at radius 2 is 1.90 bits per heavy atom. The van der Waals surface area contributed by atoms with Gasteiger partial charge in [0.25, 0.3) is 0 Å². The topological polar surface area (TPSA) is 102 Å². The minimum absolute atomic E-state index is 0. The Morgan fingerprint density at radius 3 is 2.67 bits per heavy atom. The van der Waals surface area contributed by atoms with Crippen molar-refractivity contribution in [1.82, 2.24) is 20.3 Å². The number of ketones is 1. The van der Waals surface area contributed by atoms with Gasteiger partial charge in [-0.25, -0.2) is 18.4 Å². The van der Waals surface area contributed by atoms with Gasteiger partial charge in [0, 0.05) is 54.5 Å². The van der Waals surface area contributed by atoms with Crippen LogP contribution >= 0.6 is 0 Å². The normalized spacial score (nSPS) is 20.5. The first-order chi connectivity index (χ1) is 18.4. The number of carbonyl (C=O) groups is 1. The fourth-order valence-electron chi connectivity index (χ4n) is 5.51. The minimum Gasteiger partial charge on any atom is -0.316 e. The van der Waals surface area contributed by atoms with Gasteiger partial charge >= 0.3 is 0 Å². The lowest BCUT2D eigenvalue weighted by Crippen LogP contribution is -2.12. The van der Waals surface area contributed by atoms with Crippen LogP contribution in [0.3, 0.4) is 0 Å².